The van der Waals surface area contributed by atoms with E-state index in [0.29, 0.717) is 29.0 Å². The molecular weight excluding hydrogens is 422 g/mol. The van der Waals surface area contributed by atoms with Gasteiger partial charge in [-0.3, -0.25) is 9.59 Å². The molecule has 0 radical (unpaired) electrons. The number of esters is 1. The Bertz CT molecular complexity index is 1030. The number of nitrogens with one attached hydrogen (secondary N) is 1. The lowest BCUT2D eigenvalue weighted by Crippen LogP contribution is -2.19. The van der Waals surface area contributed by atoms with Crippen LogP contribution in [0.25, 0.3) is 0 Å². The Hall–Kier alpha value is -2.32. The summed E-state index contributed by atoms with van der Waals surface area (Å²) in [5.74, 6) is -0.745. The smallest absolute Gasteiger partial charge is 0.318 e. The van der Waals surface area contributed by atoms with Gasteiger partial charge in [-0.05, 0) is 50.1 Å². The minimum Gasteiger partial charge on any atom is -0.468 e. The van der Waals surface area contributed by atoms with Gasteiger partial charge in [0.15, 0.2) is 9.84 Å². The highest BCUT2D eigenvalue weighted by atomic mass is 32.2. The minimum absolute atomic E-state index is 0.231. The second-order valence-electron chi connectivity index (χ2n) is 7.21. The summed E-state index contributed by atoms with van der Waals surface area (Å²) < 4.78 is 30.5. The van der Waals surface area contributed by atoms with Crippen LogP contribution < -0.4 is 5.32 Å². The predicted molar refractivity (Wildman–Crippen MR) is 118 cm³/mol. The van der Waals surface area contributed by atoms with Crippen LogP contribution in [0.2, 0.25) is 0 Å². The molecule has 30 heavy (non-hydrogen) atoms. The van der Waals surface area contributed by atoms with Crippen LogP contribution in [0.1, 0.15) is 43.0 Å². The van der Waals surface area contributed by atoms with Gasteiger partial charge in [0.1, 0.15) is 5.25 Å². The first-order valence-electron chi connectivity index (χ1n) is 9.81. The van der Waals surface area contributed by atoms with Gasteiger partial charge in [-0.2, -0.15) is 0 Å². The summed E-state index contributed by atoms with van der Waals surface area (Å²) >= 11 is 1.23. The van der Waals surface area contributed by atoms with Crippen molar-refractivity contribution < 1.29 is 22.7 Å². The summed E-state index contributed by atoms with van der Waals surface area (Å²) in [7, 11) is -2.08. The van der Waals surface area contributed by atoms with Crippen molar-refractivity contribution in [2.24, 2.45) is 0 Å². The van der Waals surface area contributed by atoms with E-state index in [-0.39, 0.29) is 22.0 Å². The van der Waals surface area contributed by atoms with Crippen molar-refractivity contribution in [1.29, 1.82) is 0 Å². The van der Waals surface area contributed by atoms with Crippen molar-refractivity contribution in [3.05, 3.63) is 54.1 Å². The highest BCUT2D eigenvalue weighted by Crippen LogP contribution is 2.31. The molecule has 0 spiro atoms. The van der Waals surface area contributed by atoms with Crippen LogP contribution in [-0.4, -0.2) is 37.9 Å². The Morgan fingerprint density at radius 2 is 1.80 bits per heavy atom. The van der Waals surface area contributed by atoms with Crippen LogP contribution in [0.5, 0.6) is 0 Å². The molecule has 8 heteroatoms. The Morgan fingerprint density at radius 3 is 2.50 bits per heavy atom. The van der Waals surface area contributed by atoms with Gasteiger partial charge < -0.3 is 10.1 Å². The predicted octanol–water partition coefficient (Wildman–Crippen LogP) is 4.31. The lowest BCUT2D eigenvalue weighted by Gasteiger charge is -2.14. The SMILES string of the molecule is COC(=O)C(C)Sc1ccccc1C(=O)Nc1cccc(S(=O)(=O)C2CCCC2)c1. The molecule has 0 heterocycles. The number of hydrogen-bond acceptors (Lipinski definition) is 6. The molecule has 1 fully saturated rings. The Morgan fingerprint density at radius 1 is 1.10 bits per heavy atom. The molecule has 0 aromatic heterocycles. The Balaban J connectivity index is 1.80. The van der Waals surface area contributed by atoms with E-state index >= 15 is 0 Å². The number of benzene rings is 2. The third-order valence-electron chi connectivity index (χ3n) is 5.13. The zero-order valence-corrected chi connectivity index (χ0v) is 18.6. The molecule has 2 aromatic carbocycles. The summed E-state index contributed by atoms with van der Waals surface area (Å²) in [6, 6.07) is 13.3. The monoisotopic (exact) mass is 447 g/mol. The number of hydrogen-bond donors (Lipinski definition) is 1. The fourth-order valence-electron chi connectivity index (χ4n) is 3.50. The first kappa shape index (κ1) is 22.4. The molecule has 1 amide bonds. The van der Waals surface area contributed by atoms with Gasteiger partial charge in [-0.1, -0.05) is 31.0 Å². The quantitative estimate of drug-likeness (QED) is 0.503. The number of amides is 1. The number of sulfone groups is 1. The molecular formula is C22H25NO5S2. The number of ether oxygens (including phenoxy) is 1. The van der Waals surface area contributed by atoms with E-state index in [1.165, 1.54) is 24.9 Å². The fourth-order valence-corrected chi connectivity index (χ4v) is 6.42. The van der Waals surface area contributed by atoms with E-state index in [2.05, 4.69) is 5.32 Å². The molecule has 160 valence electrons. The molecule has 2 aromatic rings. The van der Waals surface area contributed by atoms with Crippen LogP contribution in [-0.2, 0) is 19.4 Å². The highest BCUT2D eigenvalue weighted by molar-refractivity contribution is 8.00. The third kappa shape index (κ3) is 5.05. The molecule has 1 aliphatic carbocycles. The van der Waals surface area contributed by atoms with Gasteiger partial charge >= 0.3 is 5.97 Å². The van der Waals surface area contributed by atoms with Gasteiger partial charge in [0.2, 0.25) is 0 Å². The summed E-state index contributed by atoms with van der Waals surface area (Å²) in [6.07, 6.45) is 3.22. The van der Waals surface area contributed by atoms with Gasteiger partial charge in [0, 0.05) is 10.6 Å². The van der Waals surface area contributed by atoms with E-state index in [9.17, 15) is 18.0 Å². The number of carbonyl (C=O) groups is 2. The normalized spacial score (nSPS) is 15.5. The van der Waals surface area contributed by atoms with Gasteiger partial charge in [0.25, 0.3) is 5.91 Å². The van der Waals surface area contributed by atoms with E-state index in [1.54, 1.807) is 49.4 Å². The first-order valence-corrected chi connectivity index (χ1v) is 12.2. The van der Waals surface area contributed by atoms with Crippen LogP contribution >= 0.6 is 11.8 Å². The molecule has 1 unspecified atom stereocenters. The summed E-state index contributed by atoms with van der Waals surface area (Å²) in [5.41, 5.74) is 0.821. The van der Waals surface area contributed by atoms with E-state index in [1.807, 2.05) is 0 Å². The van der Waals surface area contributed by atoms with E-state index in [4.69, 9.17) is 4.74 Å². The third-order valence-corrected chi connectivity index (χ3v) is 8.55. The molecule has 0 aliphatic heterocycles. The molecule has 3 rings (SSSR count). The standard InChI is InChI=1S/C22H25NO5S2/c1-15(22(25)28-2)29-20-13-6-5-12-19(20)21(24)23-16-8-7-11-18(14-16)30(26,27)17-9-3-4-10-17/h5-8,11-15,17H,3-4,9-10H2,1-2H3,(H,23,24). The lowest BCUT2D eigenvalue weighted by atomic mass is 10.2. The molecule has 6 nitrogen and oxygen atoms in total. The van der Waals surface area contributed by atoms with E-state index in [0.717, 1.165) is 12.8 Å². The van der Waals surface area contributed by atoms with Crippen molar-refractivity contribution in [1.82, 2.24) is 0 Å². The topological polar surface area (TPSA) is 89.5 Å². The van der Waals surface area contributed by atoms with Crippen LogP contribution in [0, 0.1) is 0 Å². The number of thioether (sulfide) groups is 1. The summed E-state index contributed by atoms with van der Waals surface area (Å²) in [6.45, 7) is 1.71. The maximum absolute atomic E-state index is 12.9. The number of rotatable bonds is 7. The Kier molecular flexibility index (Phi) is 7.20. The van der Waals surface area contributed by atoms with Gasteiger partial charge in [0.05, 0.1) is 22.8 Å². The second kappa shape index (κ2) is 9.66. The van der Waals surface area contributed by atoms with Gasteiger partial charge in [-0.15, -0.1) is 11.8 Å². The fraction of sp³-hybridized carbons (Fsp3) is 0.364. The van der Waals surface area contributed by atoms with Crippen molar-refractivity contribution >= 4 is 39.2 Å². The lowest BCUT2D eigenvalue weighted by molar-refractivity contribution is -0.139. The summed E-state index contributed by atoms with van der Waals surface area (Å²) in [5, 5.41) is 1.97. The van der Waals surface area contributed by atoms with Crippen molar-refractivity contribution in [3.63, 3.8) is 0 Å². The van der Waals surface area contributed by atoms with Crippen molar-refractivity contribution in [2.45, 2.75) is 52.9 Å². The van der Waals surface area contributed by atoms with E-state index < -0.39 is 15.1 Å². The average molecular weight is 448 g/mol. The second-order valence-corrected chi connectivity index (χ2v) is 10.8. The van der Waals surface area contributed by atoms with Crippen molar-refractivity contribution in [3.8, 4) is 0 Å². The highest BCUT2D eigenvalue weighted by Gasteiger charge is 2.30. The largest absolute Gasteiger partial charge is 0.468 e. The molecule has 1 aliphatic rings. The number of methoxy groups -OCH3 is 1. The zero-order chi connectivity index (χ0) is 21.7. The number of carbonyl (C=O) groups excluding carboxylic acids is 2. The minimum atomic E-state index is -3.40. The van der Waals surface area contributed by atoms with Crippen LogP contribution in [0.3, 0.4) is 0 Å². The Labute approximate surface area is 181 Å². The maximum Gasteiger partial charge on any atom is 0.318 e. The molecule has 1 atom stereocenters. The number of anilines is 1. The van der Waals surface area contributed by atoms with Crippen LogP contribution in [0.4, 0.5) is 5.69 Å². The zero-order valence-electron chi connectivity index (χ0n) is 17.0. The molecule has 0 saturated heterocycles. The first-order chi connectivity index (χ1) is 14.3. The average Bonchev–Trinajstić information content (AvgIpc) is 3.29. The molecule has 1 N–H and O–H groups in total. The van der Waals surface area contributed by atoms with Crippen LogP contribution in [0.15, 0.2) is 58.3 Å². The summed E-state index contributed by atoms with van der Waals surface area (Å²) in [4.78, 5) is 25.5. The van der Waals surface area contributed by atoms with Gasteiger partial charge in [-0.25, -0.2) is 8.42 Å². The molecule has 0 bridgehead atoms. The van der Waals surface area contributed by atoms with Crippen molar-refractivity contribution in [2.75, 3.05) is 12.4 Å². The maximum atomic E-state index is 12.9. The molecule has 1 saturated carbocycles.